The van der Waals surface area contributed by atoms with E-state index in [1.54, 1.807) is 13.1 Å². The first-order chi connectivity index (χ1) is 12.8. The van der Waals surface area contributed by atoms with Gasteiger partial charge in [0.15, 0.2) is 5.96 Å². The van der Waals surface area contributed by atoms with Gasteiger partial charge in [0.2, 0.25) is 5.91 Å². The number of nitrogens with zero attached hydrogens (tertiary/aromatic N) is 2. The number of piperidine rings is 1. The molecule has 0 saturated carbocycles. The van der Waals surface area contributed by atoms with Gasteiger partial charge in [-0.1, -0.05) is 12.1 Å². The van der Waals surface area contributed by atoms with E-state index in [2.05, 4.69) is 20.5 Å². The van der Waals surface area contributed by atoms with Crippen LogP contribution in [0.25, 0.3) is 0 Å². The summed E-state index contributed by atoms with van der Waals surface area (Å²) in [7, 11) is 1.64. The third kappa shape index (κ3) is 6.45. The van der Waals surface area contributed by atoms with Gasteiger partial charge in [0.1, 0.15) is 0 Å². The van der Waals surface area contributed by atoms with Gasteiger partial charge in [-0.3, -0.25) is 4.79 Å². The van der Waals surface area contributed by atoms with Crippen LogP contribution < -0.4 is 10.6 Å². The van der Waals surface area contributed by atoms with Gasteiger partial charge in [-0.15, -0.1) is 0 Å². The molecule has 1 fully saturated rings. The second-order valence-corrected chi connectivity index (χ2v) is 6.68. The SMILES string of the molecule is CCNC(=NCc1cccc(C(F)(F)F)c1)N1CCC(CC(=O)NC)CC1. The lowest BCUT2D eigenvalue weighted by atomic mass is 9.93. The topological polar surface area (TPSA) is 56.7 Å². The average molecular weight is 384 g/mol. The summed E-state index contributed by atoms with van der Waals surface area (Å²) in [5.41, 5.74) is -0.134. The number of benzene rings is 1. The molecule has 0 spiro atoms. The van der Waals surface area contributed by atoms with E-state index < -0.39 is 11.7 Å². The Morgan fingerprint density at radius 3 is 2.59 bits per heavy atom. The summed E-state index contributed by atoms with van der Waals surface area (Å²) in [5.74, 6) is 1.11. The molecule has 1 aliphatic rings. The molecule has 0 bridgehead atoms. The quantitative estimate of drug-likeness (QED) is 0.606. The van der Waals surface area contributed by atoms with Gasteiger partial charge >= 0.3 is 6.18 Å². The van der Waals surface area contributed by atoms with E-state index in [0.29, 0.717) is 30.4 Å². The summed E-state index contributed by atoms with van der Waals surface area (Å²) < 4.78 is 38.5. The van der Waals surface area contributed by atoms with Crippen molar-refractivity contribution >= 4 is 11.9 Å². The van der Waals surface area contributed by atoms with Crippen molar-refractivity contribution in [1.82, 2.24) is 15.5 Å². The van der Waals surface area contributed by atoms with Gasteiger partial charge in [-0.2, -0.15) is 13.2 Å². The van der Waals surface area contributed by atoms with Crippen LogP contribution in [0.15, 0.2) is 29.3 Å². The third-order valence-electron chi connectivity index (χ3n) is 4.67. The molecule has 0 atom stereocenters. The highest BCUT2D eigenvalue weighted by Crippen LogP contribution is 2.29. The second kappa shape index (κ2) is 9.62. The van der Waals surface area contributed by atoms with E-state index in [1.807, 2.05) is 6.92 Å². The Bertz CT molecular complexity index is 653. The lowest BCUT2D eigenvalue weighted by Crippen LogP contribution is -2.46. The van der Waals surface area contributed by atoms with E-state index in [9.17, 15) is 18.0 Å². The summed E-state index contributed by atoms with van der Waals surface area (Å²) in [6.07, 6.45) is -2.04. The molecule has 0 radical (unpaired) electrons. The Balaban J connectivity index is 2.00. The first-order valence-electron chi connectivity index (χ1n) is 9.23. The molecular weight excluding hydrogens is 357 g/mol. The highest BCUT2D eigenvalue weighted by Gasteiger charge is 2.30. The maximum Gasteiger partial charge on any atom is 0.416 e. The van der Waals surface area contributed by atoms with Gasteiger partial charge in [0, 0.05) is 33.1 Å². The molecule has 2 rings (SSSR count). The fourth-order valence-electron chi connectivity index (χ4n) is 3.15. The minimum atomic E-state index is -4.35. The number of nitrogens with one attached hydrogen (secondary N) is 2. The largest absolute Gasteiger partial charge is 0.416 e. The smallest absolute Gasteiger partial charge is 0.359 e. The minimum absolute atomic E-state index is 0.0542. The lowest BCUT2D eigenvalue weighted by molar-refractivity contribution is -0.137. The van der Waals surface area contributed by atoms with Crippen molar-refractivity contribution in [2.45, 2.75) is 38.9 Å². The zero-order valence-corrected chi connectivity index (χ0v) is 15.8. The number of rotatable bonds is 5. The van der Waals surface area contributed by atoms with Crippen molar-refractivity contribution < 1.29 is 18.0 Å². The third-order valence-corrected chi connectivity index (χ3v) is 4.67. The van der Waals surface area contributed by atoms with Crippen molar-refractivity contribution in [3.63, 3.8) is 0 Å². The minimum Gasteiger partial charge on any atom is -0.359 e. The predicted molar refractivity (Wildman–Crippen MR) is 99.2 cm³/mol. The van der Waals surface area contributed by atoms with Crippen molar-refractivity contribution in [2.75, 3.05) is 26.7 Å². The molecule has 27 heavy (non-hydrogen) atoms. The Morgan fingerprint density at radius 1 is 1.30 bits per heavy atom. The summed E-state index contributed by atoms with van der Waals surface area (Å²) in [6.45, 7) is 4.37. The molecule has 150 valence electrons. The summed E-state index contributed by atoms with van der Waals surface area (Å²) >= 11 is 0. The molecular formula is C19H27F3N4O. The molecule has 0 aromatic heterocycles. The second-order valence-electron chi connectivity index (χ2n) is 6.68. The molecule has 1 saturated heterocycles. The van der Waals surface area contributed by atoms with Crippen LogP contribution in [0.5, 0.6) is 0 Å². The number of carbonyl (C=O) groups excluding carboxylic acids is 1. The molecule has 1 amide bonds. The average Bonchev–Trinajstić information content (AvgIpc) is 2.65. The van der Waals surface area contributed by atoms with Crippen LogP contribution in [0.1, 0.15) is 37.3 Å². The van der Waals surface area contributed by atoms with Gasteiger partial charge in [0.05, 0.1) is 12.1 Å². The summed E-state index contributed by atoms with van der Waals surface area (Å²) in [6, 6.07) is 5.26. The Hall–Kier alpha value is -2.25. The van der Waals surface area contributed by atoms with Crippen LogP contribution in [-0.2, 0) is 17.5 Å². The maximum absolute atomic E-state index is 12.8. The van der Waals surface area contributed by atoms with E-state index in [-0.39, 0.29) is 12.5 Å². The van der Waals surface area contributed by atoms with Crippen molar-refractivity contribution in [3.05, 3.63) is 35.4 Å². The summed E-state index contributed by atoms with van der Waals surface area (Å²) in [5, 5.41) is 5.86. The van der Waals surface area contributed by atoms with E-state index in [1.165, 1.54) is 6.07 Å². The van der Waals surface area contributed by atoms with E-state index in [4.69, 9.17) is 0 Å². The zero-order valence-electron chi connectivity index (χ0n) is 15.8. The zero-order chi connectivity index (χ0) is 19.9. The normalized spacial score (nSPS) is 16.3. The number of likely N-dealkylation sites (tertiary alicyclic amines) is 1. The molecule has 2 N–H and O–H groups in total. The number of amides is 1. The number of hydrogen-bond donors (Lipinski definition) is 2. The maximum atomic E-state index is 12.8. The molecule has 0 unspecified atom stereocenters. The highest BCUT2D eigenvalue weighted by molar-refractivity contribution is 5.80. The van der Waals surface area contributed by atoms with Crippen LogP contribution in [0.2, 0.25) is 0 Å². The fourth-order valence-corrected chi connectivity index (χ4v) is 3.15. The molecule has 1 heterocycles. The number of halogens is 3. The first kappa shape index (κ1) is 21.1. The standard InChI is InChI=1S/C19H27F3N4O/c1-3-24-18(26-9-7-14(8-10-26)12-17(27)23-2)25-13-15-5-4-6-16(11-15)19(20,21)22/h4-6,11,14H,3,7-10,12-13H2,1-2H3,(H,23,27)(H,24,25). The number of carbonyl (C=O) groups is 1. The summed E-state index contributed by atoms with van der Waals surface area (Å²) in [4.78, 5) is 18.1. The van der Waals surface area contributed by atoms with E-state index in [0.717, 1.165) is 38.1 Å². The van der Waals surface area contributed by atoms with Crippen molar-refractivity contribution in [2.24, 2.45) is 10.9 Å². The van der Waals surface area contributed by atoms with Gasteiger partial charge in [0.25, 0.3) is 0 Å². The van der Waals surface area contributed by atoms with Gasteiger partial charge < -0.3 is 15.5 Å². The van der Waals surface area contributed by atoms with Crippen molar-refractivity contribution in [1.29, 1.82) is 0 Å². The molecule has 1 aromatic rings. The van der Waals surface area contributed by atoms with Gasteiger partial charge in [-0.25, -0.2) is 4.99 Å². The fraction of sp³-hybridized carbons (Fsp3) is 0.579. The lowest BCUT2D eigenvalue weighted by Gasteiger charge is -2.34. The predicted octanol–water partition coefficient (Wildman–Crippen LogP) is 3.02. The number of hydrogen-bond acceptors (Lipinski definition) is 2. The molecule has 1 aliphatic heterocycles. The molecule has 5 nitrogen and oxygen atoms in total. The number of alkyl halides is 3. The molecule has 1 aromatic carbocycles. The van der Waals surface area contributed by atoms with E-state index >= 15 is 0 Å². The van der Waals surface area contributed by atoms with Gasteiger partial charge in [-0.05, 0) is 43.4 Å². The monoisotopic (exact) mass is 384 g/mol. The van der Waals surface area contributed by atoms with Crippen LogP contribution in [0, 0.1) is 5.92 Å². The first-order valence-corrected chi connectivity index (χ1v) is 9.23. The number of aliphatic imine (C=N–C) groups is 1. The Morgan fingerprint density at radius 2 is 2.00 bits per heavy atom. The van der Waals surface area contributed by atoms with Crippen molar-refractivity contribution in [3.8, 4) is 0 Å². The Labute approximate surface area is 158 Å². The van der Waals surface area contributed by atoms with Crippen LogP contribution in [-0.4, -0.2) is 43.4 Å². The number of guanidine groups is 1. The van der Waals surface area contributed by atoms with Crippen LogP contribution in [0.3, 0.4) is 0 Å². The highest BCUT2D eigenvalue weighted by atomic mass is 19.4. The Kier molecular flexibility index (Phi) is 7.50. The molecule has 0 aliphatic carbocycles. The van der Waals surface area contributed by atoms with Crippen LogP contribution in [0.4, 0.5) is 13.2 Å². The van der Waals surface area contributed by atoms with Crippen LogP contribution >= 0.6 is 0 Å². The molecule has 8 heteroatoms.